The molecule has 1 aromatic rings. The average molecular weight is 182 g/mol. The van der Waals surface area contributed by atoms with E-state index in [0.29, 0.717) is 11.5 Å². The van der Waals surface area contributed by atoms with E-state index in [2.05, 4.69) is 4.98 Å². The van der Waals surface area contributed by atoms with E-state index >= 15 is 0 Å². The van der Waals surface area contributed by atoms with Gasteiger partial charge in [-0.1, -0.05) is 0 Å². The largest absolute Gasteiger partial charge is 0.494 e. The van der Waals surface area contributed by atoms with Crippen LogP contribution in [-0.2, 0) is 0 Å². The molecule has 0 aliphatic carbocycles. The molecule has 0 spiro atoms. The number of carbonyl (C=O) groups excluding carboxylic acids is 1. The zero-order chi connectivity index (χ0) is 9.84. The summed E-state index contributed by atoms with van der Waals surface area (Å²) in [6.45, 7) is 0. The molecule has 70 valence electrons. The molecule has 5 nitrogen and oxygen atoms in total. The topological polar surface area (TPSA) is 74.4 Å². The van der Waals surface area contributed by atoms with Crippen LogP contribution < -0.4 is 15.2 Å². The first-order valence-corrected chi connectivity index (χ1v) is 3.56. The Balaban J connectivity index is 3.29. The molecule has 5 heteroatoms. The van der Waals surface area contributed by atoms with Gasteiger partial charge in [0.15, 0.2) is 11.5 Å². The van der Waals surface area contributed by atoms with Gasteiger partial charge in [0.1, 0.15) is 5.56 Å². The number of hydrogen-bond donors (Lipinski definition) is 1. The Morgan fingerprint density at radius 3 is 2.08 bits per heavy atom. The van der Waals surface area contributed by atoms with E-state index in [1.807, 2.05) is 0 Å². The summed E-state index contributed by atoms with van der Waals surface area (Å²) in [5.41, 5.74) is 5.35. The Labute approximate surface area is 75.5 Å². The Morgan fingerprint density at radius 2 is 1.77 bits per heavy atom. The first-order chi connectivity index (χ1) is 6.20. The molecule has 0 saturated carbocycles. The second-order valence-corrected chi connectivity index (χ2v) is 2.28. The summed E-state index contributed by atoms with van der Waals surface area (Å²) in [5, 5.41) is 0. The molecule has 0 unspecified atom stereocenters. The van der Waals surface area contributed by atoms with Crippen LogP contribution >= 0.6 is 0 Å². The highest BCUT2D eigenvalue weighted by atomic mass is 16.5. The second kappa shape index (κ2) is 3.75. The van der Waals surface area contributed by atoms with Crippen molar-refractivity contribution >= 4 is 5.91 Å². The van der Waals surface area contributed by atoms with E-state index in [1.165, 1.54) is 26.6 Å². The normalized spacial score (nSPS) is 9.38. The third-order valence-corrected chi connectivity index (χ3v) is 1.56. The zero-order valence-corrected chi connectivity index (χ0v) is 7.40. The van der Waals surface area contributed by atoms with Crippen molar-refractivity contribution in [2.75, 3.05) is 14.2 Å². The van der Waals surface area contributed by atoms with Gasteiger partial charge >= 0.3 is 0 Å². The molecule has 0 radical (unpaired) electrons. The lowest BCUT2D eigenvalue weighted by atomic mass is 10.2. The summed E-state index contributed by atoms with van der Waals surface area (Å²) in [4.78, 5) is 14.8. The molecule has 0 aliphatic rings. The molecule has 0 bridgehead atoms. The van der Waals surface area contributed by atoms with Gasteiger partial charge in [0.05, 0.1) is 26.6 Å². The van der Waals surface area contributed by atoms with Crippen LogP contribution in [0.1, 0.15) is 10.4 Å². The van der Waals surface area contributed by atoms with Crippen molar-refractivity contribution in [2.45, 2.75) is 0 Å². The van der Waals surface area contributed by atoms with Gasteiger partial charge in [-0.15, -0.1) is 0 Å². The third kappa shape index (κ3) is 1.69. The number of hydrogen-bond acceptors (Lipinski definition) is 4. The molecule has 13 heavy (non-hydrogen) atoms. The highest BCUT2D eigenvalue weighted by Crippen LogP contribution is 2.25. The molecule has 0 saturated heterocycles. The molecule has 0 atom stereocenters. The van der Waals surface area contributed by atoms with Crippen molar-refractivity contribution in [3.63, 3.8) is 0 Å². The Kier molecular flexibility index (Phi) is 2.69. The van der Waals surface area contributed by atoms with Crippen LogP contribution in [0, 0.1) is 0 Å². The smallest absolute Gasteiger partial charge is 0.256 e. The number of methoxy groups -OCH3 is 2. The van der Waals surface area contributed by atoms with Crippen molar-refractivity contribution in [3.05, 3.63) is 18.0 Å². The van der Waals surface area contributed by atoms with Crippen molar-refractivity contribution < 1.29 is 14.3 Å². The van der Waals surface area contributed by atoms with Gasteiger partial charge in [-0.25, -0.2) is 0 Å². The minimum atomic E-state index is -0.601. The highest BCUT2D eigenvalue weighted by Gasteiger charge is 2.15. The van der Waals surface area contributed by atoms with Gasteiger partial charge in [0, 0.05) is 0 Å². The van der Waals surface area contributed by atoms with Crippen LogP contribution in [-0.4, -0.2) is 25.1 Å². The lowest BCUT2D eigenvalue weighted by Crippen LogP contribution is -2.14. The molecule has 1 amide bonds. The Hall–Kier alpha value is -1.78. The van der Waals surface area contributed by atoms with Crippen LogP contribution in [0.5, 0.6) is 11.5 Å². The molecule has 1 aromatic heterocycles. The number of primary amides is 1. The van der Waals surface area contributed by atoms with E-state index in [-0.39, 0.29) is 5.56 Å². The van der Waals surface area contributed by atoms with Gasteiger partial charge in [-0.05, 0) is 0 Å². The monoisotopic (exact) mass is 182 g/mol. The standard InChI is InChI=1S/C8H10N2O3/c1-12-5-3-10-4-6(13-2)7(5)8(9)11/h3-4H,1-2H3,(H2,9,11). The van der Waals surface area contributed by atoms with E-state index in [4.69, 9.17) is 15.2 Å². The summed E-state index contributed by atoms with van der Waals surface area (Å²) >= 11 is 0. The van der Waals surface area contributed by atoms with Gasteiger partial charge in [0.25, 0.3) is 5.91 Å². The third-order valence-electron chi connectivity index (χ3n) is 1.56. The fourth-order valence-corrected chi connectivity index (χ4v) is 0.976. The number of carbonyl (C=O) groups is 1. The van der Waals surface area contributed by atoms with Gasteiger partial charge < -0.3 is 15.2 Å². The fourth-order valence-electron chi connectivity index (χ4n) is 0.976. The number of nitrogens with zero attached hydrogens (tertiary/aromatic N) is 1. The van der Waals surface area contributed by atoms with Crippen molar-refractivity contribution in [2.24, 2.45) is 5.73 Å². The van der Waals surface area contributed by atoms with Crippen molar-refractivity contribution in [1.82, 2.24) is 4.98 Å². The maximum absolute atomic E-state index is 11.0. The highest BCUT2D eigenvalue weighted by molar-refractivity contribution is 5.98. The quantitative estimate of drug-likeness (QED) is 0.724. The van der Waals surface area contributed by atoms with Crippen LogP contribution in [0.4, 0.5) is 0 Å². The fraction of sp³-hybridized carbons (Fsp3) is 0.250. The van der Waals surface area contributed by atoms with Crippen molar-refractivity contribution in [3.8, 4) is 11.5 Å². The minimum Gasteiger partial charge on any atom is -0.494 e. The van der Waals surface area contributed by atoms with Gasteiger partial charge in [0.2, 0.25) is 0 Å². The molecule has 0 fully saturated rings. The molecule has 1 heterocycles. The molecule has 1 rings (SSSR count). The molecular formula is C8H10N2O3. The van der Waals surface area contributed by atoms with E-state index in [1.54, 1.807) is 0 Å². The van der Waals surface area contributed by atoms with Crippen molar-refractivity contribution in [1.29, 1.82) is 0 Å². The molecule has 0 aliphatic heterocycles. The number of amides is 1. The molecule has 2 N–H and O–H groups in total. The van der Waals surface area contributed by atoms with Crippen LogP contribution in [0.25, 0.3) is 0 Å². The van der Waals surface area contributed by atoms with E-state index in [9.17, 15) is 4.79 Å². The first kappa shape index (κ1) is 9.31. The SMILES string of the molecule is COc1cncc(OC)c1C(N)=O. The number of aromatic nitrogens is 1. The first-order valence-electron chi connectivity index (χ1n) is 3.56. The number of nitrogens with two attached hydrogens (primary N) is 1. The van der Waals surface area contributed by atoms with Gasteiger partial charge in [-0.3, -0.25) is 9.78 Å². The van der Waals surface area contributed by atoms with Crippen LogP contribution in [0.15, 0.2) is 12.4 Å². The Morgan fingerprint density at radius 1 is 1.31 bits per heavy atom. The maximum Gasteiger partial charge on any atom is 0.256 e. The summed E-state index contributed by atoms with van der Waals surface area (Å²) in [5.74, 6) is 0.0230. The average Bonchev–Trinajstić information content (AvgIpc) is 2.16. The van der Waals surface area contributed by atoms with E-state index in [0.717, 1.165) is 0 Å². The number of ether oxygens (including phenoxy) is 2. The summed E-state index contributed by atoms with van der Waals surface area (Å²) in [6.07, 6.45) is 2.81. The number of rotatable bonds is 3. The predicted octanol–water partition coefficient (Wildman–Crippen LogP) is 0.198. The lowest BCUT2D eigenvalue weighted by Gasteiger charge is -2.08. The van der Waals surface area contributed by atoms with Crippen LogP contribution in [0.3, 0.4) is 0 Å². The van der Waals surface area contributed by atoms with E-state index < -0.39 is 5.91 Å². The zero-order valence-electron chi connectivity index (χ0n) is 7.40. The molecular weight excluding hydrogens is 172 g/mol. The summed E-state index contributed by atoms with van der Waals surface area (Å²) < 4.78 is 9.81. The second-order valence-electron chi connectivity index (χ2n) is 2.28. The maximum atomic E-state index is 11.0. The van der Waals surface area contributed by atoms with Crippen LogP contribution in [0.2, 0.25) is 0 Å². The Bertz CT molecular complexity index is 303. The summed E-state index contributed by atoms with van der Waals surface area (Å²) in [7, 11) is 2.87. The molecule has 0 aromatic carbocycles. The summed E-state index contributed by atoms with van der Waals surface area (Å²) in [6, 6.07) is 0. The minimum absolute atomic E-state index is 0.208. The lowest BCUT2D eigenvalue weighted by molar-refractivity contribution is 0.0994. The predicted molar refractivity (Wildman–Crippen MR) is 45.9 cm³/mol. The van der Waals surface area contributed by atoms with Gasteiger partial charge in [-0.2, -0.15) is 0 Å². The number of pyridine rings is 1.